The molecule has 2 aromatic rings. The highest BCUT2D eigenvalue weighted by Gasteiger charge is 2.51. The maximum Gasteiger partial charge on any atom is 0.343 e. The summed E-state index contributed by atoms with van der Waals surface area (Å²) in [5.41, 5.74) is 6.36. The van der Waals surface area contributed by atoms with Crippen molar-refractivity contribution in [3.05, 3.63) is 76.9 Å². The molecule has 0 aromatic heterocycles. The monoisotopic (exact) mass is 470 g/mol. The van der Waals surface area contributed by atoms with Gasteiger partial charge in [0, 0.05) is 6.42 Å². The number of hydrogen-bond donors (Lipinski definition) is 0. The molecule has 3 aliphatic carbocycles. The molecule has 5 atom stereocenters. The SMILES string of the molecule is C=C1CCC2C3CCc4cc(OC(=O)c5ccc(CC(CC)CC=O)cc5)ccc4C3CCC12C. The van der Waals surface area contributed by atoms with Crippen molar-refractivity contribution in [3.8, 4) is 5.75 Å². The van der Waals surface area contributed by atoms with Gasteiger partial charge >= 0.3 is 5.97 Å². The summed E-state index contributed by atoms with van der Waals surface area (Å²) in [5, 5.41) is 0. The topological polar surface area (TPSA) is 43.4 Å². The molecule has 2 aromatic carbocycles. The Labute approximate surface area is 210 Å². The molecule has 5 rings (SSSR count). The highest BCUT2D eigenvalue weighted by molar-refractivity contribution is 5.91. The summed E-state index contributed by atoms with van der Waals surface area (Å²) >= 11 is 0. The van der Waals surface area contributed by atoms with Crippen molar-refractivity contribution in [1.82, 2.24) is 0 Å². The standard InChI is InChI=1S/C32H38O3/c1-4-22(16-18-33)19-23-6-8-24(9-7-23)31(34)35-26-11-13-27-25(20-26)10-12-29-28(27)15-17-32(3)21(2)5-14-30(29)32/h6-9,11,13,18,20,22,28-30H,2,4-5,10,12,14-17,19H2,1,3H3. The lowest BCUT2D eigenvalue weighted by Crippen LogP contribution is -2.40. The number of hydrogen-bond acceptors (Lipinski definition) is 3. The highest BCUT2D eigenvalue weighted by Crippen LogP contribution is 2.62. The van der Waals surface area contributed by atoms with E-state index in [4.69, 9.17) is 4.74 Å². The van der Waals surface area contributed by atoms with Crippen LogP contribution in [0.3, 0.4) is 0 Å². The minimum absolute atomic E-state index is 0.317. The van der Waals surface area contributed by atoms with Crippen LogP contribution in [0.4, 0.5) is 0 Å². The third-order valence-corrected chi connectivity index (χ3v) is 9.58. The summed E-state index contributed by atoms with van der Waals surface area (Å²) in [5.74, 6) is 2.84. The number of rotatable bonds is 7. The Kier molecular flexibility index (Phi) is 6.70. The fraction of sp³-hybridized carbons (Fsp3) is 0.500. The average Bonchev–Trinajstić information content (AvgIpc) is 3.18. The Morgan fingerprint density at radius 2 is 1.94 bits per heavy atom. The van der Waals surface area contributed by atoms with E-state index in [1.165, 1.54) is 48.8 Å². The van der Waals surface area contributed by atoms with Crippen molar-refractivity contribution in [2.45, 2.75) is 77.6 Å². The van der Waals surface area contributed by atoms with Gasteiger partial charge in [0.05, 0.1) is 5.56 Å². The first-order valence-electron chi connectivity index (χ1n) is 13.5. The summed E-state index contributed by atoms with van der Waals surface area (Å²) in [4.78, 5) is 23.7. The van der Waals surface area contributed by atoms with Crippen molar-refractivity contribution in [2.24, 2.45) is 23.2 Å². The zero-order valence-corrected chi connectivity index (χ0v) is 21.2. The number of ether oxygens (including phenoxy) is 1. The molecule has 184 valence electrons. The van der Waals surface area contributed by atoms with Crippen LogP contribution >= 0.6 is 0 Å². The van der Waals surface area contributed by atoms with Crippen molar-refractivity contribution in [2.75, 3.05) is 0 Å². The maximum atomic E-state index is 12.8. The predicted molar refractivity (Wildman–Crippen MR) is 140 cm³/mol. The molecule has 0 amide bonds. The number of carbonyl (C=O) groups is 2. The highest BCUT2D eigenvalue weighted by atomic mass is 16.5. The van der Waals surface area contributed by atoms with Gasteiger partial charge in [-0.25, -0.2) is 4.79 Å². The third-order valence-electron chi connectivity index (χ3n) is 9.58. The molecule has 0 bridgehead atoms. The molecule has 5 unspecified atom stereocenters. The molecule has 2 fully saturated rings. The van der Waals surface area contributed by atoms with Crippen LogP contribution in [0.5, 0.6) is 5.75 Å². The molecule has 2 saturated carbocycles. The van der Waals surface area contributed by atoms with Crippen LogP contribution in [0, 0.1) is 23.2 Å². The molecular formula is C32H38O3. The van der Waals surface area contributed by atoms with Gasteiger partial charge in [-0.2, -0.15) is 0 Å². The summed E-state index contributed by atoms with van der Waals surface area (Å²) in [7, 11) is 0. The first-order valence-corrected chi connectivity index (χ1v) is 13.5. The predicted octanol–water partition coefficient (Wildman–Crippen LogP) is 7.48. The summed E-state index contributed by atoms with van der Waals surface area (Å²) < 4.78 is 5.79. The van der Waals surface area contributed by atoms with E-state index in [0.29, 0.717) is 35.0 Å². The Bertz CT molecular complexity index is 1110. The van der Waals surface area contributed by atoms with Crippen LogP contribution in [0.1, 0.15) is 91.8 Å². The van der Waals surface area contributed by atoms with Gasteiger partial charge in [0.15, 0.2) is 0 Å². The fourth-order valence-corrected chi connectivity index (χ4v) is 7.34. The van der Waals surface area contributed by atoms with Crippen molar-refractivity contribution in [1.29, 1.82) is 0 Å². The minimum Gasteiger partial charge on any atom is -0.423 e. The van der Waals surface area contributed by atoms with Crippen LogP contribution < -0.4 is 4.74 Å². The van der Waals surface area contributed by atoms with Gasteiger partial charge in [0.2, 0.25) is 0 Å². The molecule has 0 radical (unpaired) electrons. The van der Waals surface area contributed by atoms with Crippen LogP contribution in [-0.4, -0.2) is 12.3 Å². The first-order chi connectivity index (χ1) is 16.9. The number of allylic oxidation sites excluding steroid dienone is 1. The van der Waals surface area contributed by atoms with Gasteiger partial charge in [-0.3, -0.25) is 0 Å². The normalized spacial score (nSPS) is 27.9. The Morgan fingerprint density at radius 3 is 2.69 bits per heavy atom. The molecule has 0 aliphatic heterocycles. The molecule has 3 aliphatic rings. The molecule has 0 saturated heterocycles. The second kappa shape index (κ2) is 9.76. The van der Waals surface area contributed by atoms with E-state index in [9.17, 15) is 9.59 Å². The van der Waals surface area contributed by atoms with Crippen LogP contribution in [0.2, 0.25) is 0 Å². The smallest absolute Gasteiger partial charge is 0.343 e. The second-order valence-electron chi connectivity index (χ2n) is 11.3. The summed E-state index contributed by atoms with van der Waals surface area (Å²) in [6, 6.07) is 13.9. The summed E-state index contributed by atoms with van der Waals surface area (Å²) in [6.45, 7) is 8.99. The third kappa shape index (κ3) is 4.50. The maximum absolute atomic E-state index is 12.8. The Morgan fingerprint density at radius 1 is 1.14 bits per heavy atom. The van der Waals surface area contributed by atoms with Crippen molar-refractivity contribution >= 4 is 12.3 Å². The van der Waals surface area contributed by atoms with Crippen molar-refractivity contribution in [3.63, 3.8) is 0 Å². The van der Waals surface area contributed by atoms with Crippen LogP contribution in [0.15, 0.2) is 54.6 Å². The van der Waals surface area contributed by atoms with Gasteiger partial charge < -0.3 is 9.53 Å². The average molecular weight is 471 g/mol. The molecule has 3 heteroatoms. The van der Waals surface area contributed by atoms with Crippen LogP contribution in [0.25, 0.3) is 0 Å². The Balaban J connectivity index is 1.26. The fourth-order valence-electron chi connectivity index (χ4n) is 7.34. The van der Waals surface area contributed by atoms with Gasteiger partial charge in [0.1, 0.15) is 12.0 Å². The number of esters is 1. The lowest BCUT2D eigenvalue weighted by Gasteiger charge is -2.49. The van der Waals surface area contributed by atoms with Crippen LogP contribution in [-0.2, 0) is 17.6 Å². The Hall–Kier alpha value is -2.68. The van der Waals surface area contributed by atoms with E-state index in [-0.39, 0.29) is 5.97 Å². The van der Waals surface area contributed by atoms with Gasteiger partial charge in [0.25, 0.3) is 0 Å². The number of aryl methyl sites for hydroxylation is 1. The van der Waals surface area contributed by atoms with Gasteiger partial charge in [-0.15, -0.1) is 0 Å². The second-order valence-corrected chi connectivity index (χ2v) is 11.3. The lowest BCUT2D eigenvalue weighted by atomic mass is 9.55. The van der Waals surface area contributed by atoms with E-state index in [1.54, 1.807) is 0 Å². The minimum atomic E-state index is -0.317. The number of fused-ring (bicyclic) bond motifs is 5. The number of aldehydes is 1. The molecule has 3 nitrogen and oxygen atoms in total. The van der Waals surface area contributed by atoms with E-state index in [0.717, 1.165) is 42.9 Å². The summed E-state index contributed by atoms with van der Waals surface area (Å²) in [6.07, 6.45) is 10.7. The number of benzene rings is 2. The van der Waals surface area contributed by atoms with E-state index >= 15 is 0 Å². The molecule has 0 spiro atoms. The van der Waals surface area contributed by atoms with E-state index < -0.39 is 0 Å². The van der Waals surface area contributed by atoms with Gasteiger partial charge in [-0.1, -0.05) is 50.6 Å². The quantitative estimate of drug-likeness (QED) is 0.182. The van der Waals surface area contributed by atoms with Crippen molar-refractivity contribution < 1.29 is 14.3 Å². The zero-order valence-electron chi connectivity index (χ0n) is 21.2. The lowest BCUT2D eigenvalue weighted by molar-refractivity contribution is -0.108. The number of carbonyl (C=O) groups excluding carboxylic acids is 2. The molecule has 0 heterocycles. The van der Waals surface area contributed by atoms with Gasteiger partial charge in [-0.05, 0) is 115 Å². The van der Waals surface area contributed by atoms with E-state index in [1.807, 2.05) is 30.3 Å². The first kappa shape index (κ1) is 24.0. The molecule has 0 N–H and O–H groups in total. The largest absolute Gasteiger partial charge is 0.423 e. The van der Waals surface area contributed by atoms with E-state index in [2.05, 4.69) is 32.6 Å². The zero-order chi connectivity index (χ0) is 24.6. The molecule has 35 heavy (non-hydrogen) atoms. The molecular weight excluding hydrogens is 432 g/mol.